The third-order valence-electron chi connectivity index (χ3n) is 4.43. The van der Waals surface area contributed by atoms with Gasteiger partial charge < -0.3 is 14.8 Å². The van der Waals surface area contributed by atoms with Crippen molar-refractivity contribution in [2.75, 3.05) is 13.2 Å². The number of ether oxygens (including phenoxy) is 2. The van der Waals surface area contributed by atoms with Crippen LogP contribution in [0.4, 0.5) is 0 Å². The minimum Gasteiger partial charge on any atom is -0.490 e. The fourth-order valence-corrected chi connectivity index (χ4v) is 3.72. The molecule has 0 aliphatic heterocycles. The van der Waals surface area contributed by atoms with Crippen LogP contribution < -0.4 is 20.2 Å². The maximum absolute atomic E-state index is 12.7. The predicted octanol–water partition coefficient (Wildman–Crippen LogP) is 5.46. The lowest BCUT2D eigenvalue weighted by atomic mass is 10.0. The molecule has 0 radical (unpaired) electrons. The summed E-state index contributed by atoms with van der Waals surface area (Å²) in [6.07, 6.45) is 1.49. The van der Waals surface area contributed by atoms with Gasteiger partial charge in [0.1, 0.15) is 6.04 Å². The average molecular weight is 559 g/mol. The van der Waals surface area contributed by atoms with Crippen molar-refractivity contribution in [3.8, 4) is 11.5 Å². The van der Waals surface area contributed by atoms with Gasteiger partial charge in [0.25, 0.3) is 11.8 Å². The van der Waals surface area contributed by atoms with Crippen LogP contribution in [0, 0.1) is 5.92 Å². The van der Waals surface area contributed by atoms with E-state index in [9.17, 15) is 9.59 Å². The molecule has 0 saturated heterocycles. The first kappa shape index (κ1) is 27.0. The van der Waals surface area contributed by atoms with E-state index >= 15 is 0 Å². The summed E-state index contributed by atoms with van der Waals surface area (Å²) in [7, 11) is 0. The lowest BCUT2D eigenvalue weighted by molar-refractivity contribution is -0.123. The zero-order valence-electron chi connectivity index (χ0n) is 18.7. The van der Waals surface area contributed by atoms with Crippen LogP contribution in [-0.2, 0) is 4.79 Å². The summed E-state index contributed by atoms with van der Waals surface area (Å²) in [5.41, 5.74) is 3.47. The van der Waals surface area contributed by atoms with E-state index in [-0.39, 0.29) is 10.9 Å². The van der Waals surface area contributed by atoms with Gasteiger partial charge in [-0.05, 0) is 71.6 Å². The summed E-state index contributed by atoms with van der Waals surface area (Å²) in [5, 5.41) is 7.35. The number of hydrogen-bond acceptors (Lipinski definition) is 5. The molecule has 2 rings (SSSR count). The molecule has 0 aliphatic rings. The van der Waals surface area contributed by atoms with Crippen LogP contribution in [-0.4, -0.2) is 37.3 Å². The molecule has 0 fully saturated rings. The second-order valence-corrected chi connectivity index (χ2v) is 8.92. The second-order valence-electron chi connectivity index (χ2n) is 7.25. The molecule has 1 atom stereocenters. The van der Waals surface area contributed by atoms with Crippen molar-refractivity contribution in [3.05, 3.63) is 56.0 Å². The molecular formula is C23H26BrCl2N3O4. The van der Waals surface area contributed by atoms with Gasteiger partial charge in [-0.3, -0.25) is 9.59 Å². The van der Waals surface area contributed by atoms with E-state index in [4.69, 9.17) is 32.7 Å². The van der Waals surface area contributed by atoms with Crippen molar-refractivity contribution in [2.45, 2.75) is 33.7 Å². The Labute approximate surface area is 211 Å². The number of hydrogen-bond donors (Lipinski definition) is 2. The molecule has 0 spiro atoms. The average Bonchev–Trinajstić information content (AvgIpc) is 2.76. The fourth-order valence-electron chi connectivity index (χ4n) is 2.85. The SMILES string of the molecule is CCOc1cc(/C=N\NC(=O)C(NC(=O)c2ccc(Cl)c(Cl)c2)C(C)C)cc(Br)c1OCC. The minimum atomic E-state index is -0.810. The highest BCUT2D eigenvalue weighted by atomic mass is 79.9. The van der Waals surface area contributed by atoms with E-state index in [0.29, 0.717) is 45.3 Å². The molecule has 1 unspecified atom stereocenters. The third kappa shape index (κ3) is 7.62. The Bertz CT molecular complexity index is 1030. The molecule has 0 bridgehead atoms. The van der Waals surface area contributed by atoms with Crippen LogP contribution in [0.1, 0.15) is 43.6 Å². The molecule has 7 nitrogen and oxygen atoms in total. The van der Waals surface area contributed by atoms with Crippen molar-refractivity contribution in [3.63, 3.8) is 0 Å². The van der Waals surface area contributed by atoms with Gasteiger partial charge in [0.05, 0.1) is 33.9 Å². The molecule has 33 heavy (non-hydrogen) atoms. The van der Waals surface area contributed by atoms with E-state index < -0.39 is 17.9 Å². The third-order valence-corrected chi connectivity index (χ3v) is 5.75. The zero-order chi connectivity index (χ0) is 24.5. The molecule has 0 aromatic heterocycles. The summed E-state index contributed by atoms with van der Waals surface area (Å²) < 4.78 is 12.0. The number of halogens is 3. The van der Waals surface area contributed by atoms with Gasteiger partial charge in [-0.25, -0.2) is 5.43 Å². The molecule has 0 aliphatic carbocycles. The molecule has 2 aromatic carbocycles. The normalized spacial score (nSPS) is 12.0. The number of nitrogens with one attached hydrogen (secondary N) is 2. The fraction of sp³-hybridized carbons (Fsp3) is 0.348. The highest BCUT2D eigenvalue weighted by Crippen LogP contribution is 2.36. The Hall–Kier alpha value is -2.29. The first-order chi connectivity index (χ1) is 15.7. The first-order valence-corrected chi connectivity index (χ1v) is 11.9. The van der Waals surface area contributed by atoms with Gasteiger partial charge in [-0.15, -0.1) is 0 Å². The zero-order valence-corrected chi connectivity index (χ0v) is 21.8. The highest BCUT2D eigenvalue weighted by Gasteiger charge is 2.24. The number of hydrazone groups is 1. The maximum Gasteiger partial charge on any atom is 0.262 e. The van der Waals surface area contributed by atoms with Gasteiger partial charge in [0.2, 0.25) is 0 Å². The smallest absolute Gasteiger partial charge is 0.262 e. The number of nitrogens with zero attached hydrogens (tertiary/aromatic N) is 1. The number of amides is 2. The lowest BCUT2D eigenvalue weighted by Crippen LogP contribution is -2.48. The number of rotatable bonds is 10. The first-order valence-electron chi connectivity index (χ1n) is 10.4. The summed E-state index contributed by atoms with van der Waals surface area (Å²) in [4.78, 5) is 25.3. The number of carbonyl (C=O) groups excluding carboxylic acids is 2. The Morgan fingerprint density at radius 1 is 1.09 bits per heavy atom. The summed E-state index contributed by atoms with van der Waals surface area (Å²) >= 11 is 15.4. The topological polar surface area (TPSA) is 89.0 Å². The van der Waals surface area contributed by atoms with Gasteiger partial charge in [0.15, 0.2) is 11.5 Å². The standard InChI is InChI=1S/C23H26BrCl2N3O4/c1-5-32-19-10-14(9-16(24)21(19)33-6-2)12-27-29-23(31)20(13(3)4)28-22(30)15-7-8-17(25)18(26)11-15/h7-13,20H,5-6H2,1-4H3,(H,28,30)(H,29,31)/b27-12-. The molecule has 2 N–H and O–H groups in total. The number of carbonyl (C=O) groups is 2. The van der Waals surface area contributed by atoms with Crippen molar-refractivity contribution >= 4 is 57.2 Å². The quantitative estimate of drug-likeness (QED) is 0.299. The van der Waals surface area contributed by atoms with Crippen LogP contribution >= 0.6 is 39.1 Å². The Kier molecular flexibility index (Phi) is 10.5. The molecule has 2 amide bonds. The van der Waals surface area contributed by atoms with Crippen LogP contribution in [0.15, 0.2) is 39.9 Å². The Morgan fingerprint density at radius 2 is 1.79 bits per heavy atom. The maximum atomic E-state index is 12.7. The Balaban J connectivity index is 2.11. The molecule has 2 aromatic rings. The molecule has 0 saturated carbocycles. The van der Waals surface area contributed by atoms with E-state index in [1.807, 2.05) is 27.7 Å². The molecule has 0 heterocycles. The van der Waals surface area contributed by atoms with E-state index in [0.717, 1.165) is 0 Å². The van der Waals surface area contributed by atoms with Crippen LogP contribution in [0.25, 0.3) is 0 Å². The molecule has 10 heteroatoms. The summed E-state index contributed by atoms with van der Waals surface area (Å²) in [6, 6.07) is 7.27. The van der Waals surface area contributed by atoms with Crippen molar-refractivity contribution < 1.29 is 19.1 Å². The van der Waals surface area contributed by atoms with Crippen LogP contribution in [0.5, 0.6) is 11.5 Å². The van der Waals surface area contributed by atoms with Crippen LogP contribution in [0.3, 0.4) is 0 Å². The monoisotopic (exact) mass is 557 g/mol. The largest absolute Gasteiger partial charge is 0.490 e. The van der Waals surface area contributed by atoms with Crippen LogP contribution in [0.2, 0.25) is 10.0 Å². The second kappa shape index (κ2) is 12.8. The van der Waals surface area contributed by atoms with Crippen molar-refractivity contribution in [1.82, 2.24) is 10.7 Å². The van der Waals surface area contributed by atoms with E-state index in [1.54, 1.807) is 12.1 Å². The minimum absolute atomic E-state index is 0.184. The molecule has 178 valence electrons. The van der Waals surface area contributed by atoms with Gasteiger partial charge in [0, 0.05) is 5.56 Å². The van der Waals surface area contributed by atoms with Gasteiger partial charge in [-0.2, -0.15) is 5.10 Å². The number of benzene rings is 2. The highest BCUT2D eigenvalue weighted by molar-refractivity contribution is 9.10. The van der Waals surface area contributed by atoms with Crippen molar-refractivity contribution in [2.24, 2.45) is 11.0 Å². The van der Waals surface area contributed by atoms with Gasteiger partial charge >= 0.3 is 0 Å². The van der Waals surface area contributed by atoms with Gasteiger partial charge in [-0.1, -0.05) is 37.0 Å². The summed E-state index contributed by atoms with van der Waals surface area (Å²) in [6.45, 7) is 8.37. The van der Waals surface area contributed by atoms with Crippen molar-refractivity contribution in [1.29, 1.82) is 0 Å². The van der Waals surface area contributed by atoms with E-state index in [1.165, 1.54) is 24.4 Å². The molecular weight excluding hydrogens is 533 g/mol. The Morgan fingerprint density at radius 3 is 2.39 bits per heavy atom. The predicted molar refractivity (Wildman–Crippen MR) is 135 cm³/mol. The van der Waals surface area contributed by atoms with E-state index in [2.05, 4.69) is 31.8 Å². The summed E-state index contributed by atoms with van der Waals surface area (Å²) in [5.74, 6) is 0.0878. The lowest BCUT2D eigenvalue weighted by Gasteiger charge is -2.20.